The molecule has 1 aliphatic rings. The molecule has 1 aliphatic heterocycles. The molecule has 0 fully saturated rings. The Kier molecular flexibility index (Phi) is 2.82. The number of nitrogens with two attached hydrogens (primary N) is 1. The number of benzene rings is 1. The van der Waals surface area contributed by atoms with Crippen molar-refractivity contribution in [3.05, 3.63) is 23.8 Å². The first-order valence-corrected chi connectivity index (χ1v) is 5.38. The molecule has 1 aromatic carbocycles. The Morgan fingerprint density at radius 1 is 1.60 bits per heavy atom. The van der Waals surface area contributed by atoms with Crippen molar-refractivity contribution in [2.75, 3.05) is 25.5 Å². The van der Waals surface area contributed by atoms with Crippen LogP contribution in [0.3, 0.4) is 0 Å². The van der Waals surface area contributed by atoms with Crippen molar-refractivity contribution in [1.82, 2.24) is 0 Å². The minimum absolute atomic E-state index is 0.505. The fourth-order valence-electron chi connectivity index (χ4n) is 2.14. The van der Waals surface area contributed by atoms with Gasteiger partial charge in [0.05, 0.1) is 7.11 Å². The molecule has 3 heteroatoms. The van der Waals surface area contributed by atoms with Gasteiger partial charge in [-0.15, -0.1) is 0 Å². The number of rotatable bonds is 3. The maximum absolute atomic E-state index is 5.72. The van der Waals surface area contributed by atoms with Crippen molar-refractivity contribution in [3.63, 3.8) is 0 Å². The second-order valence-electron chi connectivity index (χ2n) is 4.15. The Morgan fingerprint density at radius 2 is 2.40 bits per heavy atom. The highest BCUT2D eigenvalue weighted by atomic mass is 16.5. The summed E-state index contributed by atoms with van der Waals surface area (Å²) in [6.07, 6.45) is 0. The van der Waals surface area contributed by atoms with Crippen LogP contribution in [0.4, 0.5) is 5.69 Å². The Morgan fingerprint density at radius 3 is 3.07 bits per heavy atom. The van der Waals surface area contributed by atoms with E-state index in [2.05, 4.69) is 24.4 Å². The van der Waals surface area contributed by atoms with Gasteiger partial charge in [0.2, 0.25) is 0 Å². The number of fused-ring (bicyclic) bond motifs is 1. The largest absolute Gasteiger partial charge is 0.497 e. The Balaban J connectivity index is 2.31. The van der Waals surface area contributed by atoms with Crippen molar-refractivity contribution < 1.29 is 4.74 Å². The molecule has 1 aromatic rings. The average Bonchev–Trinajstić information content (AvgIpc) is 2.70. The molecule has 82 valence electrons. The SMILES string of the molecule is COc1ccc2c(c1)C(C(C)CN)CN2. The summed E-state index contributed by atoms with van der Waals surface area (Å²) in [5, 5.41) is 3.41. The van der Waals surface area contributed by atoms with Gasteiger partial charge in [-0.25, -0.2) is 0 Å². The molecule has 0 spiro atoms. The van der Waals surface area contributed by atoms with Gasteiger partial charge >= 0.3 is 0 Å². The lowest BCUT2D eigenvalue weighted by atomic mass is 9.89. The lowest BCUT2D eigenvalue weighted by Gasteiger charge is -2.17. The standard InChI is InChI=1S/C12H18N2O/c1-8(6-13)11-7-14-12-4-3-9(15-2)5-10(11)12/h3-5,8,11,14H,6-7,13H2,1-2H3. The zero-order valence-corrected chi connectivity index (χ0v) is 9.29. The minimum atomic E-state index is 0.505. The number of hydrogen-bond donors (Lipinski definition) is 2. The van der Waals surface area contributed by atoms with E-state index in [1.54, 1.807) is 7.11 Å². The number of methoxy groups -OCH3 is 1. The summed E-state index contributed by atoms with van der Waals surface area (Å²) in [6.45, 7) is 3.91. The summed E-state index contributed by atoms with van der Waals surface area (Å²) < 4.78 is 5.24. The van der Waals surface area contributed by atoms with Gasteiger partial charge in [0, 0.05) is 18.2 Å². The van der Waals surface area contributed by atoms with E-state index in [0.29, 0.717) is 11.8 Å². The molecule has 0 amide bonds. The van der Waals surface area contributed by atoms with Gasteiger partial charge in [0.15, 0.2) is 0 Å². The van der Waals surface area contributed by atoms with Gasteiger partial charge in [-0.2, -0.15) is 0 Å². The molecular formula is C12H18N2O. The van der Waals surface area contributed by atoms with Crippen LogP contribution in [0.25, 0.3) is 0 Å². The zero-order chi connectivity index (χ0) is 10.8. The second kappa shape index (κ2) is 4.11. The molecule has 3 N–H and O–H groups in total. The van der Waals surface area contributed by atoms with E-state index in [1.165, 1.54) is 11.3 Å². The van der Waals surface area contributed by atoms with E-state index in [-0.39, 0.29) is 0 Å². The van der Waals surface area contributed by atoms with Gasteiger partial charge < -0.3 is 15.8 Å². The third kappa shape index (κ3) is 1.79. The van der Waals surface area contributed by atoms with E-state index < -0.39 is 0 Å². The van der Waals surface area contributed by atoms with Crippen molar-refractivity contribution >= 4 is 5.69 Å². The Hall–Kier alpha value is -1.22. The summed E-state index contributed by atoms with van der Waals surface area (Å²) in [6, 6.07) is 6.19. The maximum Gasteiger partial charge on any atom is 0.119 e. The fourth-order valence-corrected chi connectivity index (χ4v) is 2.14. The van der Waals surface area contributed by atoms with Crippen LogP contribution >= 0.6 is 0 Å². The smallest absolute Gasteiger partial charge is 0.119 e. The number of ether oxygens (including phenoxy) is 1. The zero-order valence-electron chi connectivity index (χ0n) is 9.29. The van der Waals surface area contributed by atoms with Crippen LogP contribution in [-0.2, 0) is 0 Å². The summed E-state index contributed by atoms with van der Waals surface area (Å²) in [5.74, 6) is 1.94. The van der Waals surface area contributed by atoms with E-state index in [0.717, 1.165) is 18.8 Å². The highest BCUT2D eigenvalue weighted by molar-refractivity contribution is 5.60. The molecule has 3 nitrogen and oxygen atoms in total. The molecule has 1 heterocycles. The summed E-state index contributed by atoms with van der Waals surface area (Å²) in [5.41, 5.74) is 8.28. The van der Waals surface area contributed by atoms with Gasteiger partial charge in [-0.3, -0.25) is 0 Å². The van der Waals surface area contributed by atoms with Crippen molar-refractivity contribution in [1.29, 1.82) is 0 Å². The normalized spacial score (nSPS) is 20.6. The molecule has 2 rings (SSSR count). The molecule has 2 unspecified atom stereocenters. The van der Waals surface area contributed by atoms with E-state index in [9.17, 15) is 0 Å². The van der Waals surface area contributed by atoms with E-state index in [4.69, 9.17) is 10.5 Å². The molecule has 15 heavy (non-hydrogen) atoms. The highest BCUT2D eigenvalue weighted by Crippen LogP contribution is 2.37. The average molecular weight is 206 g/mol. The van der Waals surface area contributed by atoms with E-state index in [1.807, 2.05) is 6.07 Å². The third-order valence-electron chi connectivity index (χ3n) is 3.23. The quantitative estimate of drug-likeness (QED) is 0.792. The topological polar surface area (TPSA) is 47.3 Å². The third-order valence-corrected chi connectivity index (χ3v) is 3.23. The summed E-state index contributed by atoms with van der Waals surface area (Å²) in [7, 11) is 1.70. The molecule has 0 saturated carbocycles. The molecule has 0 radical (unpaired) electrons. The summed E-state index contributed by atoms with van der Waals surface area (Å²) >= 11 is 0. The molecule has 0 aliphatic carbocycles. The first kappa shape index (κ1) is 10.3. The predicted molar refractivity (Wildman–Crippen MR) is 62.4 cm³/mol. The van der Waals surface area contributed by atoms with Gasteiger partial charge in [-0.05, 0) is 36.2 Å². The first-order valence-electron chi connectivity index (χ1n) is 5.38. The second-order valence-corrected chi connectivity index (χ2v) is 4.15. The Labute approximate surface area is 90.6 Å². The molecule has 0 saturated heterocycles. The summed E-state index contributed by atoms with van der Waals surface area (Å²) in [4.78, 5) is 0. The van der Waals surface area contributed by atoms with Crippen LogP contribution in [0, 0.1) is 5.92 Å². The van der Waals surface area contributed by atoms with Crippen LogP contribution < -0.4 is 15.8 Å². The number of nitrogens with one attached hydrogen (secondary N) is 1. The van der Waals surface area contributed by atoms with E-state index >= 15 is 0 Å². The van der Waals surface area contributed by atoms with Crippen molar-refractivity contribution in [2.45, 2.75) is 12.8 Å². The predicted octanol–water partition coefficient (Wildman–Crippen LogP) is 1.80. The minimum Gasteiger partial charge on any atom is -0.497 e. The highest BCUT2D eigenvalue weighted by Gasteiger charge is 2.26. The number of hydrogen-bond acceptors (Lipinski definition) is 3. The molecule has 0 aromatic heterocycles. The molecule has 0 bridgehead atoms. The Bertz CT molecular complexity index is 351. The lowest BCUT2D eigenvalue weighted by molar-refractivity contribution is 0.413. The first-order chi connectivity index (χ1) is 7.26. The molecular weight excluding hydrogens is 188 g/mol. The van der Waals surface area contributed by atoms with Gasteiger partial charge in [0.1, 0.15) is 5.75 Å². The van der Waals surface area contributed by atoms with Crippen LogP contribution in [0.15, 0.2) is 18.2 Å². The van der Waals surface area contributed by atoms with Crippen LogP contribution in [-0.4, -0.2) is 20.2 Å². The molecule has 2 atom stereocenters. The monoisotopic (exact) mass is 206 g/mol. The van der Waals surface area contributed by atoms with Gasteiger partial charge in [-0.1, -0.05) is 6.92 Å². The van der Waals surface area contributed by atoms with Gasteiger partial charge in [0.25, 0.3) is 0 Å². The fraction of sp³-hybridized carbons (Fsp3) is 0.500. The maximum atomic E-state index is 5.72. The van der Waals surface area contributed by atoms with Crippen molar-refractivity contribution in [2.24, 2.45) is 11.7 Å². The van der Waals surface area contributed by atoms with Crippen LogP contribution in [0.2, 0.25) is 0 Å². The van der Waals surface area contributed by atoms with Crippen LogP contribution in [0.5, 0.6) is 5.75 Å². The van der Waals surface area contributed by atoms with Crippen LogP contribution in [0.1, 0.15) is 18.4 Å². The number of anilines is 1. The lowest BCUT2D eigenvalue weighted by Crippen LogP contribution is -2.20. The van der Waals surface area contributed by atoms with Crippen molar-refractivity contribution in [3.8, 4) is 5.75 Å².